The van der Waals surface area contributed by atoms with Crippen molar-refractivity contribution in [1.29, 1.82) is 0 Å². The predicted octanol–water partition coefficient (Wildman–Crippen LogP) is 7.23. The van der Waals surface area contributed by atoms with Crippen molar-refractivity contribution in [3.8, 4) is 11.1 Å². The van der Waals surface area contributed by atoms with Gasteiger partial charge in [-0.3, -0.25) is 0 Å². The number of hydrogen-bond acceptors (Lipinski definition) is 0. The fraction of sp³-hybridized carbons (Fsp3) is 0.407. The van der Waals surface area contributed by atoms with E-state index in [9.17, 15) is 0 Å². The van der Waals surface area contributed by atoms with E-state index in [1.165, 1.54) is 33.4 Å². The van der Waals surface area contributed by atoms with Gasteiger partial charge in [-0.25, -0.2) is 0 Å². The summed E-state index contributed by atoms with van der Waals surface area (Å²) in [6.07, 6.45) is 3.39. The summed E-state index contributed by atoms with van der Waals surface area (Å²) >= 11 is 0. The van der Waals surface area contributed by atoms with Crippen molar-refractivity contribution in [2.24, 2.45) is 11.8 Å². The molecule has 0 aromatic heterocycles. The van der Waals surface area contributed by atoms with Crippen LogP contribution in [-0.4, -0.2) is 0 Å². The van der Waals surface area contributed by atoms with Crippen molar-refractivity contribution in [1.82, 2.24) is 0 Å². The second-order valence-electron chi connectivity index (χ2n) is 9.56. The minimum atomic E-state index is 0.600. The van der Waals surface area contributed by atoms with Gasteiger partial charge in [0.15, 0.2) is 0 Å². The highest BCUT2D eigenvalue weighted by Crippen LogP contribution is 2.47. The van der Waals surface area contributed by atoms with E-state index in [-0.39, 0.29) is 0 Å². The second kappa shape index (κ2) is 5.71. The summed E-state index contributed by atoms with van der Waals surface area (Å²) in [5, 5.41) is 0. The van der Waals surface area contributed by atoms with Crippen LogP contribution >= 0.6 is 0 Å². The van der Waals surface area contributed by atoms with Crippen molar-refractivity contribution in [2.75, 3.05) is 0 Å². The van der Waals surface area contributed by atoms with Crippen LogP contribution in [0.5, 0.6) is 0 Å². The van der Waals surface area contributed by atoms with Crippen LogP contribution in [0.1, 0.15) is 74.9 Å². The first-order valence-corrected chi connectivity index (χ1v) is 10.6. The van der Waals surface area contributed by atoms with E-state index < -0.39 is 0 Å². The number of benzene rings is 2. The van der Waals surface area contributed by atoms with Gasteiger partial charge in [-0.05, 0) is 113 Å². The van der Waals surface area contributed by atoms with Gasteiger partial charge in [0, 0.05) is 0 Å². The summed E-state index contributed by atoms with van der Waals surface area (Å²) in [5.74, 6) is 1.20. The van der Waals surface area contributed by atoms with E-state index in [0.717, 1.165) is 19.3 Å². The van der Waals surface area contributed by atoms with E-state index in [1.54, 1.807) is 33.4 Å². The van der Waals surface area contributed by atoms with Crippen LogP contribution in [0, 0.1) is 11.8 Å². The van der Waals surface area contributed by atoms with Crippen molar-refractivity contribution in [2.45, 2.75) is 60.8 Å². The number of hydrogen-bond donors (Lipinski definition) is 0. The highest BCUT2D eigenvalue weighted by Gasteiger charge is 2.29. The number of rotatable bonds is 2. The van der Waals surface area contributed by atoms with Crippen LogP contribution in [-0.2, 0) is 19.3 Å². The molecule has 5 rings (SSSR count). The average molecular weight is 355 g/mol. The van der Waals surface area contributed by atoms with E-state index in [2.05, 4.69) is 65.8 Å². The fourth-order valence-corrected chi connectivity index (χ4v) is 6.01. The first-order valence-electron chi connectivity index (χ1n) is 10.6. The van der Waals surface area contributed by atoms with Gasteiger partial charge in [-0.2, -0.15) is 0 Å². The number of fused-ring (bicyclic) bond motifs is 5. The highest BCUT2D eigenvalue weighted by molar-refractivity contribution is 5.88. The Morgan fingerprint density at radius 3 is 1.26 bits per heavy atom. The third-order valence-corrected chi connectivity index (χ3v) is 6.90. The molecular formula is C27H30. The average Bonchev–Trinajstić information content (AvgIpc) is 3.18. The lowest BCUT2D eigenvalue weighted by Crippen LogP contribution is -1.95. The molecule has 0 bridgehead atoms. The normalized spacial score (nSPS) is 17.2. The van der Waals surface area contributed by atoms with Gasteiger partial charge >= 0.3 is 0 Å². The summed E-state index contributed by atoms with van der Waals surface area (Å²) in [6.45, 7) is 14.0. The largest absolute Gasteiger partial charge is 0.0648 e. The molecule has 0 heteroatoms. The van der Waals surface area contributed by atoms with Gasteiger partial charge in [-0.1, -0.05) is 51.0 Å². The summed E-state index contributed by atoms with van der Waals surface area (Å²) in [7, 11) is 0. The fourth-order valence-electron chi connectivity index (χ4n) is 6.01. The maximum absolute atomic E-state index is 2.52. The monoisotopic (exact) mass is 354 g/mol. The van der Waals surface area contributed by atoms with E-state index in [4.69, 9.17) is 0 Å². The molecule has 0 saturated heterocycles. The van der Waals surface area contributed by atoms with Crippen molar-refractivity contribution < 1.29 is 0 Å². The molecule has 0 radical (unpaired) electrons. The molecule has 3 aliphatic rings. The Labute approximate surface area is 164 Å². The van der Waals surface area contributed by atoms with Crippen LogP contribution in [0.4, 0.5) is 0 Å². The standard InChI is InChI=1S/C27H30/c1-14(2)26-16(5)7-18-9-20-11-21-10-19-8-17(6)27(15(3)4)25(19)13-23(21)22(20)12-24(18)26/h9-10,12-15H,7-8,11H2,1-6H3. The lowest BCUT2D eigenvalue weighted by atomic mass is 9.90. The SMILES string of the molecule is CC1=C(C(C)C)c2cc3c(cc2C1)Cc1cc2c(cc1-3)C(C(C)C)=C(C)C2. The smallest absolute Gasteiger partial charge is 0.00132 e. The summed E-state index contributed by atoms with van der Waals surface area (Å²) in [5.41, 5.74) is 18.5. The van der Waals surface area contributed by atoms with Gasteiger partial charge in [0.1, 0.15) is 0 Å². The quantitative estimate of drug-likeness (QED) is 0.455. The van der Waals surface area contributed by atoms with Gasteiger partial charge in [-0.15, -0.1) is 0 Å². The minimum absolute atomic E-state index is 0.600. The molecule has 3 aliphatic carbocycles. The van der Waals surface area contributed by atoms with Gasteiger partial charge < -0.3 is 0 Å². The maximum atomic E-state index is 2.52. The van der Waals surface area contributed by atoms with Gasteiger partial charge in [0.05, 0.1) is 0 Å². The molecule has 0 nitrogen and oxygen atoms in total. The van der Waals surface area contributed by atoms with Crippen LogP contribution in [0.25, 0.3) is 22.3 Å². The van der Waals surface area contributed by atoms with Crippen molar-refractivity contribution >= 4 is 11.1 Å². The molecule has 0 unspecified atom stereocenters. The molecule has 138 valence electrons. The molecule has 0 N–H and O–H groups in total. The zero-order chi connectivity index (χ0) is 19.0. The number of allylic oxidation sites excluding steroid dienone is 4. The molecule has 27 heavy (non-hydrogen) atoms. The molecule has 0 aliphatic heterocycles. The van der Waals surface area contributed by atoms with Crippen LogP contribution in [0.2, 0.25) is 0 Å². The molecular weight excluding hydrogens is 324 g/mol. The third-order valence-electron chi connectivity index (χ3n) is 6.90. The second-order valence-corrected chi connectivity index (χ2v) is 9.56. The topological polar surface area (TPSA) is 0 Å². The van der Waals surface area contributed by atoms with Crippen molar-refractivity contribution in [3.63, 3.8) is 0 Å². The zero-order valence-corrected chi connectivity index (χ0v) is 17.6. The Morgan fingerprint density at radius 2 is 0.889 bits per heavy atom. The molecule has 0 saturated carbocycles. The molecule has 0 fully saturated rings. The first kappa shape index (κ1) is 17.0. The summed E-state index contributed by atoms with van der Waals surface area (Å²) < 4.78 is 0. The molecule has 0 spiro atoms. The Kier molecular flexibility index (Phi) is 3.60. The van der Waals surface area contributed by atoms with Crippen molar-refractivity contribution in [3.05, 3.63) is 68.8 Å². The van der Waals surface area contributed by atoms with Crippen LogP contribution < -0.4 is 0 Å². The Morgan fingerprint density at radius 1 is 0.519 bits per heavy atom. The Bertz CT molecular complexity index is 968. The van der Waals surface area contributed by atoms with Crippen LogP contribution in [0.15, 0.2) is 35.4 Å². The lowest BCUT2D eigenvalue weighted by molar-refractivity contribution is 0.851. The summed E-state index contributed by atoms with van der Waals surface area (Å²) in [4.78, 5) is 0. The molecule has 2 aromatic rings. The van der Waals surface area contributed by atoms with Crippen LogP contribution in [0.3, 0.4) is 0 Å². The molecule has 0 heterocycles. The Balaban J connectivity index is 1.68. The molecule has 0 amide bonds. The molecule has 2 aromatic carbocycles. The van der Waals surface area contributed by atoms with Gasteiger partial charge in [0.25, 0.3) is 0 Å². The highest BCUT2D eigenvalue weighted by atomic mass is 14.3. The molecule has 0 atom stereocenters. The first-order chi connectivity index (χ1) is 12.8. The lowest BCUT2D eigenvalue weighted by Gasteiger charge is -2.14. The van der Waals surface area contributed by atoms with Gasteiger partial charge in [0.2, 0.25) is 0 Å². The minimum Gasteiger partial charge on any atom is -0.0648 e. The van der Waals surface area contributed by atoms with E-state index in [1.807, 2.05) is 0 Å². The maximum Gasteiger partial charge on any atom is -0.00132 e. The third kappa shape index (κ3) is 2.35. The van der Waals surface area contributed by atoms with E-state index >= 15 is 0 Å². The predicted molar refractivity (Wildman–Crippen MR) is 117 cm³/mol. The van der Waals surface area contributed by atoms with E-state index in [0.29, 0.717) is 11.8 Å². The zero-order valence-electron chi connectivity index (χ0n) is 17.6. The Hall–Kier alpha value is -2.08. The summed E-state index contributed by atoms with van der Waals surface area (Å²) in [6, 6.07) is 10.1.